The molecule has 0 aromatic carbocycles. The number of unbranched alkanes of at least 4 members (excludes halogenated alkanes) is 19. The van der Waals surface area contributed by atoms with E-state index < -0.39 is 29.9 Å². The summed E-state index contributed by atoms with van der Waals surface area (Å²) >= 11 is 0. The van der Waals surface area contributed by atoms with Crippen molar-refractivity contribution in [3.8, 4) is 0 Å². The molecule has 0 amide bonds. The summed E-state index contributed by atoms with van der Waals surface area (Å²) in [5.41, 5.74) is 0. The van der Waals surface area contributed by atoms with Gasteiger partial charge < -0.3 is 19.3 Å². The quantitative estimate of drug-likeness (QED) is 0.0290. The minimum atomic E-state index is -1.01. The molecule has 1 fully saturated rings. The zero-order chi connectivity index (χ0) is 40.0. The normalized spacial score (nSPS) is 16.5. The topological polar surface area (TPSA) is 116 Å². The number of carbonyl (C=O) groups is 4. The average molecular weight is 773 g/mol. The molecule has 0 saturated heterocycles. The lowest BCUT2D eigenvalue weighted by Crippen LogP contribution is -2.38. The van der Waals surface area contributed by atoms with E-state index in [1.54, 1.807) is 0 Å². The van der Waals surface area contributed by atoms with Gasteiger partial charge in [-0.2, -0.15) is 0 Å². The number of allylic oxidation sites excluding steroid dienone is 6. The molecule has 1 saturated carbocycles. The Bertz CT molecular complexity index is 1060. The molecule has 1 rings (SSSR count). The molecule has 0 aromatic rings. The Hall–Kier alpha value is -2.90. The molecule has 1 aliphatic carbocycles. The first-order valence-electron chi connectivity index (χ1n) is 22.6. The smallest absolute Gasteiger partial charge is 0.310 e. The van der Waals surface area contributed by atoms with E-state index in [0.29, 0.717) is 12.8 Å². The van der Waals surface area contributed by atoms with Crippen LogP contribution < -0.4 is 0 Å². The lowest BCUT2D eigenvalue weighted by atomic mass is 9.79. The number of ether oxygens (including phenoxy) is 3. The van der Waals surface area contributed by atoms with E-state index in [4.69, 9.17) is 14.2 Å². The maximum atomic E-state index is 13.1. The van der Waals surface area contributed by atoms with Crippen LogP contribution in [0, 0.1) is 11.8 Å². The summed E-state index contributed by atoms with van der Waals surface area (Å²) in [6, 6.07) is 0. The first-order valence-corrected chi connectivity index (χ1v) is 22.6. The number of hydrogen-bond acceptors (Lipinski definition) is 7. The van der Waals surface area contributed by atoms with Gasteiger partial charge in [0.05, 0.1) is 11.8 Å². The summed E-state index contributed by atoms with van der Waals surface area (Å²) < 4.78 is 16.6. The minimum absolute atomic E-state index is 0.225. The van der Waals surface area contributed by atoms with Crippen molar-refractivity contribution in [1.82, 2.24) is 0 Å². The number of carbonyl (C=O) groups excluding carboxylic acids is 3. The van der Waals surface area contributed by atoms with E-state index in [0.717, 1.165) is 96.3 Å². The molecule has 3 atom stereocenters. The van der Waals surface area contributed by atoms with Crippen molar-refractivity contribution < 1.29 is 38.5 Å². The van der Waals surface area contributed by atoms with Gasteiger partial charge in [0, 0.05) is 12.8 Å². The van der Waals surface area contributed by atoms with Gasteiger partial charge in [-0.25, -0.2) is 0 Å². The monoisotopic (exact) mass is 773 g/mol. The van der Waals surface area contributed by atoms with Crippen LogP contribution >= 0.6 is 0 Å². The van der Waals surface area contributed by atoms with Crippen LogP contribution in [0.2, 0.25) is 0 Å². The van der Waals surface area contributed by atoms with Crippen molar-refractivity contribution >= 4 is 23.9 Å². The molecule has 0 spiro atoms. The van der Waals surface area contributed by atoms with E-state index >= 15 is 0 Å². The van der Waals surface area contributed by atoms with Gasteiger partial charge in [0.15, 0.2) is 6.10 Å². The summed E-state index contributed by atoms with van der Waals surface area (Å²) in [7, 11) is 0. The van der Waals surface area contributed by atoms with E-state index in [1.807, 2.05) is 0 Å². The fourth-order valence-electron chi connectivity index (χ4n) is 7.01. The summed E-state index contributed by atoms with van der Waals surface area (Å²) in [6.45, 7) is 4.02. The van der Waals surface area contributed by atoms with Crippen LogP contribution in [0.25, 0.3) is 0 Å². The Balaban J connectivity index is 2.33. The first-order chi connectivity index (χ1) is 26.9. The molecule has 1 aliphatic rings. The molecule has 0 radical (unpaired) electrons. The van der Waals surface area contributed by atoms with Gasteiger partial charge in [0.25, 0.3) is 0 Å². The molecular formula is C47H80O8. The van der Waals surface area contributed by atoms with Crippen molar-refractivity contribution in [2.24, 2.45) is 11.8 Å². The Morgan fingerprint density at radius 3 is 1.38 bits per heavy atom. The second kappa shape index (κ2) is 36.7. The van der Waals surface area contributed by atoms with Crippen LogP contribution in [-0.4, -0.2) is 48.3 Å². The lowest BCUT2D eigenvalue weighted by Gasteiger charge is -2.28. The highest BCUT2D eigenvalue weighted by molar-refractivity contribution is 5.81. The zero-order valence-corrected chi connectivity index (χ0v) is 35.1. The van der Waals surface area contributed by atoms with E-state index in [9.17, 15) is 24.3 Å². The SMILES string of the molecule is CCCCC/C=C\C/C=C\CCCCCCCC(=O)OCC(COC(=O)CCCCCCC/C=C\CCCCCCCC)OC(=O)C1CCCCC1C(=O)O. The standard InChI is InChI=1S/C47H80O8/c1-3-5-7-9-11-13-15-17-19-21-23-25-27-29-31-37-44(48)53-39-41(55-47(52)43-36-34-33-35-42(43)46(50)51)40-54-45(49)38-32-30-28-26-24-22-20-18-16-14-12-10-8-6-4-2/h11,13,17-20,41-43H,3-10,12,14-16,21-40H2,1-2H3,(H,50,51)/b13-11-,19-17-,20-18-. The molecule has 3 unspecified atom stereocenters. The number of hydrogen-bond donors (Lipinski definition) is 1. The third kappa shape index (κ3) is 30.0. The predicted molar refractivity (Wildman–Crippen MR) is 224 cm³/mol. The Labute approximate surface area is 335 Å². The number of rotatable bonds is 36. The van der Waals surface area contributed by atoms with Crippen LogP contribution in [-0.2, 0) is 33.4 Å². The Kier molecular flexibility index (Phi) is 33.5. The van der Waals surface area contributed by atoms with E-state index in [-0.39, 0.29) is 38.0 Å². The molecule has 0 aromatic heterocycles. The first kappa shape index (κ1) is 50.1. The minimum Gasteiger partial charge on any atom is -0.481 e. The van der Waals surface area contributed by atoms with Crippen LogP contribution in [0.15, 0.2) is 36.5 Å². The van der Waals surface area contributed by atoms with Crippen molar-refractivity contribution in [3.63, 3.8) is 0 Å². The van der Waals surface area contributed by atoms with Crippen molar-refractivity contribution in [3.05, 3.63) is 36.5 Å². The highest BCUT2D eigenvalue weighted by Gasteiger charge is 2.38. The highest BCUT2D eigenvalue weighted by atomic mass is 16.6. The van der Waals surface area contributed by atoms with E-state index in [1.165, 1.54) is 70.6 Å². The van der Waals surface area contributed by atoms with Gasteiger partial charge in [0.2, 0.25) is 0 Å². The van der Waals surface area contributed by atoms with Gasteiger partial charge >= 0.3 is 23.9 Å². The largest absolute Gasteiger partial charge is 0.481 e. The highest BCUT2D eigenvalue weighted by Crippen LogP contribution is 2.31. The molecule has 0 aliphatic heterocycles. The number of carboxylic acids is 1. The molecule has 55 heavy (non-hydrogen) atoms. The van der Waals surface area contributed by atoms with Crippen LogP contribution in [0.3, 0.4) is 0 Å². The van der Waals surface area contributed by atoms with Crippen molar-refractivity contribution in [2.45, 2.75) is 213 Å². The zero-order valence-electron chi connectivity index (χ0n) is 35.1. The Morgan fingerprint density at radius 2 is 0.909 bits per heavy atom. The molecular weight excluding hydrogens is 693 g/mol. The number of carboxylic acid groups (broad SMARTS) is 1. The van der Waals surface area contributed by atoms with Crippen molar-refractivity contribution in [1.29, 1.82) is 0 Å². The second-order valence-electron chi connectivity index (χ2n) is 15.6. The molecule has 8 heteroatoms. The summed E-state index contributed by atoms with van der Waals surface area (Å²) in [5.74, 6) is -3.96. The van der Waals surface area contributed by atoms with Gasteiger partial charge in [-0.15, -0.1) is 0 Å². The lowest BCUT2D eigenvalue weighted by molar-refractivity contribution is -0.174. The van der Waals surface area contributed by atoms with Gasteiger partial charge in [-0.1, -0.05) is 147 Å². The van der Waals surface area contributed by atoms with Crippen LogP contribution in [0.4, 0.5) is 0 Å². The fourth-order valence-corrected chi connectivity index (χ4v) is 7.01. The van der Waals surface area contributed by atoms with Gasteiger partial charge in [-0.3, -0.25) is 19.2 Å². The predicted octanol–water partition coefficient (Wildman–Crippen LogP) is 12.7. The molecule has 8 nitrogen and oxygen atoms in total. The summed E-state index contributed by atoms with van der Waals surface area (Å²) in [5, 5.41) is 9.65. The van der Waals surface area contributed by atoms with Gasteiger partial charge in [0.1, 0.15) is 13.2 Å². The third-order valence-electron chi connectivity index (χ3n) is 10.5. The number of aliphatic carboxylic acids is 1. The van der Waals surface area contributed by atoms with Crippen molar-refractivity contribution in [2.75, 3.05) is 13.2 Å². The fraction of sp³-hybridized carbons (Fsp3) is 0.787. The van der Waals surface area contributed by atoms with Gasteiger partial charge in [-0.05, 0) is 83.5 Å². The Morgan fingerprint density at radius 1 is 0.527 bits per heavy atom. The average Bonchev–Trinajstić information content (AvgIpc) is 3.18. The van der Waals surface area contributed by atoms with Crippen LogP contribution in [0.1, 0.15) is 206 Å². The third-order valence-corrected chi connectivity index (χ3v) is 10.5. The molecule has 316 valence electrons. The second-order valence-corrected chi connectivity index (χ2v) is 15.6. The summed E-state index contributed by atoms with van der Waals surface area (Å²) in [6.07, 6.45) is 42.9. The number of esters is 3. The van der Waals surface area contributed by atoms with E-state index in [2.05, 4.69) is 50.3 Å². The maximum absolute atomic E-state index is 13.1. The molecule has 1 N–H and O–H groups in total. The molecule has 0 bridgehead atoms. The molecule has 0 heterocycles. The van der Waals surface area contributed by atoms with Crippen LogP contribution in [0.5, 0.6) is 0 Å². The maximum Gasteiger partial charge on any atom is 0.310 e. The summed E-state index contributed by atoms with van der Waals surface area (Å²) in [4.78, 5) is 50.0.